The average Bonchev–Trinajstić information content (AvgIpc) is 2.67. The molecule has 0 unspecified atom stereocenters. The highest BCUT2D eigenvalue weighted by Crippen LogP contribution is 2.17. The van der Waals surface area contributed by atoms with Crippen LogP contribution in [-0.2, 0) is 21.4 Å². The number of sulfonamides is 1. The standard InChI is InChI=1S/C19H22BrN3O4S/c1-3-21-19(25)15-6-4-5-14(11-15)12-22-18(24)13-23(2)28(26,27)17-9-7-16(20)8-10-17/h4-11H,3,12-13H2,1-2H3,(H,21,25)(H,22,24). The molecule has 28 heavy (non-hydrogen) atoms. The summed E-state index contributed by atoms with van der Waals surface area (Å²) in [7, 11) is -2.41. The topological polar surface area (TPSA) is 95.6 Å². The van der Waals surface area contributed by atoms with E-state index < -0.39 is 15.9 Å². The van der Waals surface area contributed by atoms with Gasteiger partial charge in [0, 0.05) is 30.2 Å². The van der Waals surface area contributed by atoms with E-state index in [0.717, 1.165) is 14.3 Å². The number of benzene rings is 2. The van der Waals surface area contributed by atoms with E-state index in [1.54, 1.807) is 36.4 Å². The van der Waals surface area contributed by atoms with Crippen LogP contribution in [0.4, 0.5) is 0 Å². The molecule has 0 saturated carbocycles. The predicted octanol–water partition coefficient (Wildman–Crippen LogP) is 2.14. The monoisotopic (exact) mass is 467 g/mol. The van der Waals surface area contributed by atoms with E-state index in [0.29, 0.717) is 12.1 Å². The molecular weight excluding hydrogens is 446 g/mol. The van der Waals surface area contributed by atoms with Crippen molar-refractivity contribution in [3.05, 3.63) is 64.1 Å². The fourth-order valence-electron chi connectivity index (χ4n) is 2.42. The summed E-state index contributed by atoms with van der Waals surface area (Å²) < 4.78 is 26.8. The Morgan fingerprint density at radius 3 is 2.39 bits per heavy atom. The van der Waals surface area contributed by atoms with E-state index in [2.05, 4.69) is 26.6 Å². The van der Waals surface area contributed by atoms with Crippen molar-refractivity contribution >= 4 is 37.8 Å². The lowest BCUT2D eigenvalue weighted by Gasteiger charge is -2.17. The van der Waals surface area contributed by atoms with Crippen LogP contribution in [0, 0.1) is 0 Å². The number of hydrogen-bond acceptors (Lipinski definition) is 4. The van der Waals surface area contributed by atoms with Crippen LogP contribution in [0.15, 0.2) is 57.9 Å². The number of carbonyl (C=O) groups is 2. The van der Waals surface area contributed by atoms with Crippen LogP contribution < -0.4 is 10.6 Å². The summed E-state index contributed by atoms with van der Waals surface area (Å²) in [5.74, 6) is -0.623. The lowest BCUT2D eigenvalue weighted by atomic mass is 10.1. The van der Waals surface area contributed by atoms with Gasteiger partial charge in [0.2, 0.25) is 15.9 Å². The van der Waals surface area contributed by atoms with E-state index in [9.17, 15) is 18.0 Å². The van der Waals surface area contributed by atoms with Gasteiger partial charge in [-0.15, -0.1) is 0 Å². The molecule has 9 heteroatoms. The molecule has 0 atom stereocenters. The first-order chi connectivity index (χ1) is 13.2. The minimum Gasteiger partial charge on any atom is -0.352 e. The Labute approximate surface area is 173 Å². The lowest BCUT2D eigenvalue weighted by molar-refractivity contribution is -0.121. The maximum atomic E-state index is 12.5. The van der Waals surface area contributed by atoms with Gasteiger partial charge in [0.1, 0.15) is 0 Å². The number of halogens is 1. The minimum atomic E-state index is -3.76. The SMILES string of the molecule is CCNC(=O)c1cccc(CNC(=O)CN(C)S(=O)(=O)c2ccc(Br)cc2)c1. The number of amides is 2. The molecule has 0 aliphatic rings. The van der Waals surface area contributed by atoms with E-state index >= 15 is 0 Å². The van der Waals surface area contributed by atoms with Crippen molar-refractivity contribution < 1.29 is 18.0 Å². The second-order valence-corrected chi connectivity index (χ2v) is 9.01. The van der Waals surface area contributed by atoms with Crippen LogP contribution in [0.5, 0.6) is 0 Å². The number of nitrogens with one attached hydrogen (secondary N) is 2. The molecule has 0 heterocycles. The Morgan fingerprint density at radius 2 is 1.75 bits per heavy atom. The van der Waals surface area contributed by atoms with Crippen LogP contribution in [0.2, 0.25) is 0 Å². The predicted molar refractivity (Wildman–Crippen MR) is 110 cm³/mol. The summed E-state index contributed by atoms with van der Waals surface area (Å²) in [6.07, 6.45) is 0. The van der Waals surface area contributed by atoms with Gasteiger partial charge < -0.3 is 10.6 Å². The Morgan fingerprint density at radius 1 is 1.07 bits per heavy atom. The molecule has 0 saturated heterocycles. The summed E-state index contributed by atoms with van der Waals surface area (Å²) in [6, 6.07) is 13.1. The Balaban J connectivity index is 1.96. The average molecular weight is 468 g/mol. The van der Waals surface area contributed by atoms with Crippen LogP contribution in [0.1, 0.15) is 22.8 Å². The summed E-state index contributed by atoms with van der Waals surface area (Å²) in [5, 5.41) is 5.39. The number of hydrogen-bond donors (Lipinski definition) is 2. The second kappa shape index (κ2) is 9.81. The molecule has 0 aliphatic carbocycles. The smallest absolute Gasteiger partial charge is 0.251 e. The fourth-order valence-corrected chi connectivity index (χ4v) is 3.81. The van der Waals surface area contributed by atoms with Crippen molar-refractivity contribution in [1.82, 2.24) is 14.9 Å². The molecule has 0 radical (unpaired) electrons. The molecule has 2 aromatic rings. The fraction of sp³-hybridized carbons (Fsp3) is 0.263. The third-order valence-electron chi connectivity index (χ3n) is 3.90. The molecule has 7 nitrogen and oxygen atoms in total. The van der Waals surface area contributed by atoms with E-state index in [4.69, 9.17) is 0 Å². The van der Waals surface area contributed by atoms with E-state index in [1.165, 1.54) is 19.2 Å². The molecule has 2 aromatic carbocycles. The molecule has 0 fully saturated rings. The van der Waals surface area contributed by atoms with Crippen molar-refractivity contribution in [1.29, 1.82) is 0 Å². The summed E-state index contributed by atoms with van der Waals surface area (Å²) in [6.45, 7) is 2.24. The maximum absolute atomic E-state index is 12.5. The van der Waals surface area contributed by atoms with Crippen molar-refractivity contribution in [2.24, 2.45) is 0 Å². The van der Waals surface area contributed by atoms with Crippen molar-refractivity contribution in [2.45, 2.75) is 18.4 Å². The molecule has 0 bridgehead atoms. The Hall–Kier alpha value is -2.23. The molecule has 150 valence electrons. The largest absolute Gasteiger partial charge is 0.352 e. The van der Waals surface area contributed by atoms with Gasteiger partial charge in [-0.25, -0.2) is 8.42 Å². The van der Waals surface area contributed by atoms with Crippen molar-refractivity contribution in [2.75, 3.05) is 20.1 Å². The number of carbonyl (C=O) groups excluding carboxylic acids is 2. The van der Waals surface area contributed by atoms with Gasteiger partial charge in [0.05, 0.1) is 11.4 Å². The highest BCUT2D eigenvalue weighted by atomic mass is 79.9. The van der Waals surface area contributed by atoms with Crippen molar-refractivity contribution in [3.63, 3.8) is 0 Å². The van der Waals surface area contributed by atoms with Gasteiger partial charge in [0.25, 0.3) is 5.91 Å². The van der Waals surface area contributed by atoms with Gasteiger partial charge in [-0.2, -0.15) is 4.31 Å². The number of likely N-dealkylation sites (N-methyl/N-ethyl adjacent to an activating group) is 1. The molecule has 2 amide bonds. The molecular formula is C19H22BrN3O4S. The maximum Gasteiger partial charge on any atom is 0.251 e. The quantitative estimate of drug-likeness (QED) is 0.621. The van der Waals surface area contributed by atoms with Gasteiger partial charge in [-0.05, 0) is 48.9 Å². The Bertz CT molecular complexity index is 946. The summed E-state index contributed by atoms with van der Waals surface area (Å²) >= 11 is 3.26. The van der Waals surface area contributed by atoms with E-state index in [-0.39, 0.29) is 23.9 Å². The lowest BCUT2D eigenvalue weighted by Crippen LogP contribution is -2.38. The van der Waals surface area contributed by atoms with Gasteiger partial charge in [-0.1, -0.05) is 28.1 Å². The molecule has 0 aliphatic heterocycles. The molecule has 0 spiro atoms. The van der Waals surface area contributed by atoms with Crippen LogP contribution >= 0.6 is 15.9 Å². The Kier molecular flexibility index (Phi) is 7.73. The van der Waals surface area contributed by atoms with Crippen LogP contribution in [-0.4, -0.2) is 44.7 Å². The first kappa shape index (κ1) is 22.1. The van der Waals surface area contributed by atoms with Gasteiger partial charge in [0.15, 0.2) is 0 Å². The minimum absolute atomic E-state index is 0.112. The summed E-state index contributed by atoms with van der Waals surface area (Å²) in [5.41, 5.74) is 1.25. The first-order valence-corrected chi connectivity index (χ1v) is 10.8. The normalized spacial score (nSPS) is 11.3. The zero-order chi connectivity index (χ0) is 20.7. The highest BCUT2D eigenvalue weighted by Gasteiger charge is 2.22. The van der Waals surface area contributed by atoms with Gasteiger partial charge >= 0.3 is 0 Å². The zero-order valence-corrected chi connectivity index (χ0v) is 18.0. The van der Waals surface area contributed by atoms with Crippen LogP contribution in [0.3, 0.4) is 0 Å². The van der Waals surface area contributed by atoms with E-state index in [1.807, 2.05) is 6.92 Å². The molecule has 2 N–H and O–H groups in total. The molecule has 0 aromatic heterocycles. The number of rotatable bonds is 8. The number of nitrogens with zero attached hydrogens (tertiary/aromatic N) is 1. The first-order valence-electron chi connectivity index (χ1n) is 8.59. The second-order valence-electron chi connectivity index (χ2n) is 6.05. The van der Waals surface area contributed by atoms with Crippen molar-refractivity contribution in [3.8, 4) is 0 Å². The zero-order valence-electron chi connectivity index (χ0n) is 15.6. The third kappa shape index (κ3) is 5.88. The van der Waals surface area contributed by atoms with Crippen LogP contribution in [0.25, 0.3) is 0 Å². The van der Waals surface area contributed by atoms with Gasteiger partial charge in [-0.3, -0.25) is 9.59 Å². The third-order valence-corrected chi connectivity index (χ3v) is 6.25. The summed E-state index contributed by atoms with van der Waals surface area (Å²) in [4.78, 5) is 24.2. The highest BCUT2D eigenvalue weighted by molar-refractivity contribution is 9.10. The molecule has 2 rings (SSSR count).